The van der Waals surface area contributed by atoms with Crippen molar-refractivity contribution in [1.29, 1.82) is 0 Å². The first-order valence-electron chi connectivity index (χ1n) is 9.03. The van der Waals surface area contributed by atoms with Gasteiger partial charge in [0.05, 0.1) is 6.10 Å². The summed E-state index contributed by atoms with van der Waals surface area (Å²) in [7, 11) is 0. The van der Waals surface area contributed by atoms with E-state index >= 15 is 0 Å². The van der Waals surface area contributed by atoms with Crippen molar-refractivity contribution in [2.75, 3.05) is 19.8 Å². The lowest BCUT2D eigenvalue weighted by Crippen LogP contribution is -2.35. The van der Waals surface area contributed by atoms with Crippen LogP contribution in [-0.2, 0) is 9.53 Å². The molecule has 1 aliphatic heterocycles. The predicted molar refractivity (Wildman–Crippen MR) is 94.8 cm³/mol. The summed E-state index contributed by atoms with van der Waals surface area (Å²) in [6.45, 7) is 1.40. The molecule has 2 fully saturated rings. The molecule has 2 aliphatic rings. The van der Waals surface area contributed by atoms with Gasteiger partial charge in [-0.3, -0.25) is 4.79 Å². The molecule has 0 unspecified atom stereocenters. The molecule has 1 N–H and O–H groups in total. The molecule has 1 saturated heterocycles. The maximum atomic E-state index is 12.0. The number of hydrogen-bond acceptors (Lipinski definition) is 3. The zero-order chi connectivity index (χ0) is 16.8. The predicted octanol–water partition coefficient (Wildman–Crippen LogP) is 4.06. The van der Waals surface area contributed by atoms with Gasteiger partial charge in [0.15, 0.2) is 6.61 Å². The van der Waals surface area contributed by atoms with Gasteiger partial charge >= 0.3 is 0 Å². The zero-order valence-electron chi connectivity index (χ0n) is 14.1. The fourth-order valence-corrected chi connectivity index (χ4v) is 3.79. The zero-order valence-corrected chi connectivity index (χ0v) is 14.8. The van der Waals surface area contributed by atoms with Crippen LogP contribution in [0.2, 0.25) is 5.02 Å². The number of carbonyl (C=O) groups excluding carboxylic acids is 1. The van der Waals surface area contributed by atoms with Crippen molar-refractivity contribution >= 4 is 17.5 Å². The SMILES string of the molecule is O=C(COc1ccc(Cl)cc1C1CCCCC1)NC[C@@H]1CCCO1. The van der Waals surface area contributed by atoms with E-state index in [-0.39, 0.29) is 18.6 Å². The highest BCUT2D eigenvalue weighted by Gasteiger charge is 2.21. The molecule has 1 aromatic rings. The number of carbonyl (C=O) groups is 1. The van der Waals surface area contributed by atoms with Gasteiger partial charge in [-0.1, -0.05) is 30.9 Å². The van der Waals surface area contributed by atoms with Crippen LogP contribution in [0.5, 0.6) is 5.75 Å². The van der Waals surface area contributed by atoms with Crippen LogP contribution in [0.15, 0.2) is 18.2 Å². The van der Waals surface area contributed by atoms with Crippen molar-refractivity contribution in [3.63, 3.8) is 0 Å². The summed E-state index contributed by atoms with van der Waals surface area (Å²) in [5.74, 6) is 1.18. The second-order valence-electron chi connectivity index (χ2n) is 6.74. The molecule has 0 aromatic heterocycles. The quantitative estimate of drug-likeness (QED) is 0.840. The van der Waals surface area contributed by atoms with E-state index in [9.17, 15) is 4.79 Å². The lowest BCUT2D eigenvalue weighted by molar-refractivity contribution is -0.123. The molecule has 132 valence electrons. The molecule has 0 bridgehead atoms. The van der Waals surface area contributed by atoms with Crippen LogP contribution in [0.25, 0.3) is 0 Å². The summed E-state index contributed by atoms with van der Waals surface area (Å²) >= 11 is 6.17. The highest BCUT2D eigenvalue weighted by atomic mass is 35.5. The number of ether oxygens (including phenoxy) is 2. The Morgan fingerprint density at radius 2 is 2.04 bits per heavy atom. The Balaban J connectivity index is 1.54. The topological polar surface area (TPSA) is 47.6 Å². The van der Waals surface area contributed by atoms with Gasteiger partial charge in [-0.25, -0.2) is 0 Å². The summed E-state index contributed by atoms with van der Waals surface area (Å²) < 4.78 is 11.3. The third kappa shape index (κ3) is 4.87. The van der Waals surface area contributed by atoms with Crippen LogP contribution in [0.3, 0.4) is 0 Å². The second-order valence-corrected chi connectivity index (χ2v) is 7.18. The minimum Gasteiger partial charge on any atom is -0.483 e. The van der Waals surface area contributed by atoms with Crippen LogP contribution >= 0.6 is 11.6 Å². The molecule has 4 nitrogen and oxygen atoms in total. The van der Waals surface area contributed by atoms with E-state index in [1.807, 2.05) is 18.2 Å². The van der Waals surface area contributed by atoms with E-state index in [0.717, 1.165) is 35.8 Å². The van der Waals surface area contributed by atoms with Crippen molar-refractivity contribution in [1.82, 2.24) is 5.32 Å². The van der Waals surface area contributed by atoms with Gasteiger partial charge in [-0.2, -0.15) is 0 Å². The van der Waals surface area contributed by atoms with Crippen molar-refractivity contribution in [3.05, 3.63) is 28.8 Å². The maximum Gasteiger partial charge on any atom is 0.258 e. The van der Waals surface area contributed by atoms with E-state index in [1.165, 1.54) is 32.1 Å². The largest absolute Gasteiger partial charge is 0.483 e. The van der Waals surface area contributed by atoms with Gasteiger partial charge in [0.2, 0.25) is 0 Å². The smallest absolute Gasteiger partial charge is 0.258 e. The summed E-state index contributed by atoms with van der Waals surface area (Å²) in [6.07, 6.45) is 8.39. The van der Waals surface area contributed by atoms with Gasteiger partial charge in [-0.05, 0) is 55.4 Å². The monoisotopic (exact) mass is 351 g/mol. The minimum atomic E-state index is -0.102. The first-order chi connectivity index (χ1) is 11.7. The fourth-order valence-electron chi connectivity index (χ4n) is 3.61. The third-order valence-corrected chi connectivity index (χ3v) is 5.16. The molecule has 1 aliphatic carbocycles. The molecular formula is C19H26ClNO3. The van der Waals surface area contributed by atoms with Crippen molar-refractivity contribution in [2.45, 2.75) is 57.0 Å². The molecule has 1 aromatic carbocycles. The first kappa shape index (κ1) is 17.6. The highest BCUT2D eigenvalue weighted by Crippen LogP contribution is 2.38. The molecule has 1 atom stereocenters. The Hall–Kier alpha value is -1.26. The molecule has 1 saturated carbocycles. The van der Waals surface area contributed by atoms with Crippen LogP contribution in [0.1, 0.15) is 56.4 Å². The van der Waals surface area contributed by atoms with Crippen molar-refractivity contribution in [2.24, 2.45) is 0 Å². The van der Waals surface area contributed by atoms with Crippen LogP contribution in [0, 0.1) is 0 Å². The van der Waals surface area contributed by atoms with Gasteiger partial charge in [0.25, 0.3) is 5.91 Å². The number of amides is 1. The number of rotatable bonds is 6. The van der Waals surface area contributed by atoms with E-state index in [4.69, 9.17) is 21.1 Å². The van der Waals surface area contributed by atoms with Crippen LogP contribution in [-0.4, -0.2) is 31.8 Å². The molecular weight excluding hydrogens is 326 g/mol. The van der Waals surface area contributed by atoms with Gasteiger partial charge in [0.1, 0.15) is 5.75 Å². The van der Waals surface area contributed by atoms with Crippen molar-refractivity contribution in [3.8, 4) is 5.75 Å². The molecule has 0 spiro atoms. The molecule has 24 heavy (non-hydrogen) atoms. The van der Waals surface area contributed by atoms with E-state index in [0.29, 0.717) is 12.5 Å². The fraction of sp³-hybridized carbons (Fsp3) is 0.632. The number of nitrogens with one attached hydrogen (secondary N) is 1. The normalized spacial score (nSPS) is 21.6. The second kappa shape index (κ2) is 8.72. The lowest BCUT2D eigenvalue weighted by atomic mass is 9.84. The molecule has 5 heteroatoms. The number of benzene rings is 1. The average molecular weight is 352 g/mol. The Kier molecular flexibility index (Phi) is 6.38. The van der Waals surface area contributed by atoms with Gasteiger partial charge < -0.3 is 14.8 Å². The maximum absolute atomic E-state index is 12.0. The standard InChI is InChI=1S/C19H26ClNO3/c20-15-8-9-18(17(11-15)14-5-2-1-3-6-14)24-13-19(22)21-12-16-7-4-10-23-16/h8-9,11,14,16H,1-7,10,12-13H2,(H,21,22)/t16-/m0/s1. The summed E-state index contributed by atoms with van der Waals surface area (Å²) in [6, 6.07) is 5.71. The molecule has 0 radical (unpaired) electrons. The first-order valence-corrected chi connectivity index (χ1v) is 9.41. The Labute approximate surface area is 148 Å². The van der Waals surface area contributed by atoms with Gasteiger partial charge in [-0.15, -0.1) is 0 Å². The summed E-state index contributed by atoms with van der Waals surface area (Å²) in [5, 5.41) is 3.62. The van der Waals surface area contributed by atoms with E-state index in [2.05, 4.69) is 5.32 Å². The Morgan fingerprint density at radius 3 is 2.79 bits per heavy atom. The van der Waals surface area contributed by atoms with Crippen LogP contribution < -0.4 is 10.1 Å². The van der Waals surface area contributed by atoms with E-state index < -0.39 is 0 Å². The Morgan fingerprint density at radius 1 is 1.21 bits per heavy atom. The van der Waals surface area contributed by atoms with Crippen molar-refractivity contribution < 1.29 is 14.3 Å². The third-order valence-electron chi connectivity index (χ3n) is 4.93. The van der Waals surface area contributed by atoms with Gasteiger partial charge in [0, 0.05) is 18.2 Å². The number of hydrogen-bond donors (Lipinski definition) is 1. The average Bonchev–Trinajstić information content (AvgIpc) is 3.13. The Bertz CT molecular complexity index is 552. The molecule has 3 rings (SSSR count). The highest BCUT2D eigenvalue weighted by molar-refractivity contribution is 6.30. The number of halogens is 1. The minimum absolute atomic E-state index is 0.0358. The lowest BCUT2D eigenvalue weighted by Gasteiger charge is -2.24. The summed E-state index contributed by atoms with van der Waals surface area (Å²) in [4.78, 5) is 12.0. The van der Waals surface area contributed by atoms with Crippen LogP contribution in [0.4, 0.5) is 0 Å². The molecule has 1 heterocycles. The molecule has 1 amide bonds. The van der Waals surface area contributed by atoms with E-state index in [1.54, 1.807) is 0 Å². The summed E-state index contributed by atoms with van der Waals surface area (Å²) in [5.41, 5.74) is 1.15.